The molecule has 14 heavy (non-hydrogen) atoms. The predicted octanol–water partition coefficient (Wildman–Crippen LogP) is 1.18. The monoisotopic (exact) mass is 191 g/mol. The van der Waals surface area contributed by atoms with Gasteiger partial charge in [0.25, 0.3) is 0 Å². The van der Waals surface area contributed by atoms with Crippen molar-refractivity contribution in [2.24, 2.45) is 0 Å². The molecule has 0 radical (unpaired) electrons. The van der Waals surface area contributed by atoms with Crippen molar-refractivity contribution in [3.63, 3.8) is 0 Å². The molecule has 0 aromatic carbocycles. The minimum absolute atomic E-state index is 0.0459. The second-order valence-corrected chi connectivity index (χ2v) is 2.46. The number of rotatable bonds is 4. The Hall–Kier alpha value is -2.02. The van der Waals surface area contributed by atoms with E-state index in [0.29, 0.717) is 6.42 Å². The number of hydrogen-bond donors (Lipinski definition) is 1. The lowest BCUT2D eigenvalue weighted by Gasteiger charge is -2.04. The molecule has 1 heterocycles. The summed E-state index contributed by atoms with van der Waals surface area (Å²) < 4.78 is 5.10. The van der Waals surface area contributed by atoms with E-state index in [2.05, 4.69) is 10.9 Å². The van der Waals surface area contributed by atoms with Crippen LogP contribution in [0.2, 0.25) is 0 Å². The normalized spacial score (nSPS) is 9.07. The first-order chi connectivity index (χ1) is 6.75. The smallest absolute Gasteiger partial charge is 0.341 e. The maximum atomic E-state index is 10.7. The summed E-state index contributed by atoms with van der Waals surface area (Å²) in [5.41, 5.74) is 0.0459. The number of hydrogen-bond acceptors (Lipinski definition) is 3. The minimum atomic E-state index is -1.06. The largest absolute Gasteiger partial charge is 0.477 e. The minimum Gasteiger partial charge on any atom is -0.477 e. The number of ether oxygens (including phenoxy) is 1. The third-order valence-electron chi connectivity index (χ3n) is 1.49. The summed E-state index contributed by atoms with van der Waals surface area (Å²) in [6.07, 6.45) is 6.92. The summed E-state index contributed by atoms with van der Waals surface area (Å²) in [4.78, 5) is 14.5. The van der Waals surface area contributed by atoms with Crippen LogP contribution in [0.25, 0.3) is 0 Å². The summed E-state index contributed by atoms with van der Waals surface area (Å²) in [6.45, 7) is 0.272. The first-order valence-electron chi connectivity index (χ1n) is 4.00. The zero-order valence-electron chi connectivity index (χ0n) is 7.43. The van der Waals surface area contributed by atoms with Gasteiger partial charge in [-0.05, 0) is 12.1 Å². The Balaban J connectivity index is 2.75. The van der Waals surface area contributed by atoms with Crippen LogP contribution in [0, 0.1) is 12.3 Å². The molecule has 0 atom stereocenters. The Morgan fingerprint density at radius 3 is 3.14 bits per heavy atom. The molecule has 72 valence electrons. The average molecular weight is 191 g/mol. The molecule has 0 bridgehead atoms. The van der Waals surface area contributed by atoms with Gasteiger partial charge in [-0.25, -0.2) is 9.78 Å². The van der Waals surface area contributed by atoms with E-state index in [-0.39, 0.29) is 18.1 Å². The number of carboxylic acids is 1. The highest BCUT2D eigenvalue weighted by atomic mass is 16.5. The summed E-state index contributed by atoms with van der Waals surface area (Å²) >= 11 is 0. The van der Waals surface area contributed by atoms with Gasteiger partial charge in [0.05, 0.1) is 0 Å². The highest BCUT2D eigenvalue weighted by Gasteiger charge is 2.10. The Morgan fingerprint density at radius 1 is 1.71 bits per heavy atom. The number of nitrogens with zero attached hydrogens (tertiary/aromatic N) is 1. The fourth-order valence-corrected chi connectivity index (χ4v) is 0.875. The standard InChI is InChI=1S/C10H9NO3/c1-2-3-7-14-9-8(10(12)13)5-4-6-11-9/h1,4-6H,3,7H2,(H,12,13). The second kappa shape index (κ2) is 4.87. The molecule has 0 spiro atoms. The van der Waals surface area contributed by atoms with Crippen molar-refractivity contribution in [1.82, 2.24) is 4.98 Å². The van der Waals surface area contributed by atoms with Crippen LogP contribution in [0.5, 0.6) is 5.88 Å². The average Bonchev–Trinajstić information content (AvgIpc) is 2.19. The Morgan fingerprint density at radius 2 is 2.50 bits per heavy atom. The molecule has 0 aliphatic rings. The van der Waals surface area contributed by atoms with Gasteiger partial charge in [-0.2, -0.15) is 0 Å². The molecule has 0 saturated heterocycles. The van der Waals surface area contributed by atoms with Crippen LogP contribution >= 0.6 is 0 Å². The number of aromatic carboxylic acids is 1. The predicted molar refractivity (Wildman–Crippen MR) is 50.1 cm³/mol. The molecule has 1 aromatic heterocycles. The lowest BCUT2D eigenvalue weighted by Crippen LogP contribution is -2.05. The molecule has 1 rings (SSSR count). The van der Waals surface area contributed by atoms with Crippen LogP contribution in [0.4, 0.5) is 0 Å². The number of aromatic nitrogens is 1. The zero-order chi connectivity index (χ0) is 10.4. The van der Waals surface area contributed by atoms with Crippen molar-refractivity contribution in [3.8, 4) is 18.2 Å². The van der Waals surface area contributed by atoms with Gasteiger partial charge < -0.3 is 9.84 Å². The van der Waals surface area contributed by atoms with Crippen molar-refractivity contribution in [2.45, 2.75) is 6.42 Å². The van der Waals surface area contributed by atoms with Crippen molar-refractivity contribution < 1.29 is 14.6 Å². The highest BCUT2D eigenvalue weighted by molar-refractivity contribution is 5.90. The summed E-state index contributed by atoms with van der Waals surface area (Å²) in [7, 11) is 0. The number of terminal acetylenes is 1. The quantitative estimate of drug-likeness (QED) is 0.573. The third-order valence-corrected chi connectivity index (χ3v) is 1.49. The SMILES string of the molecule is C#CCCOc1ncccc1C(=O)O. The molecule has 1 aromatic rings. The van der Waals surface area contributed by atoms with Crippen molar-refractivity contribution >= 4 is 5.97 Å². The van der Waals surface area contributed by atoms with Gasteiger partial charge in [-0.15, -0.1) is 12.3 Å². The molecule has 0 saturated carbocycles. The molecule has 0 aliphatic carbocycles. The molecule has 0 aliphatic heterocycles. The van der Waals surface area contributed by atoms with Gasteiger partial charge in [0.2, 0.25) is 5.88 Å². The van der Waals surface area contributed by atoms with E-state index < -0.39 is 5.97 Å². The van der Waals surface area contributed by atoms with Crippen LogP contribution in [0.1, 0.15) is 16.8 Å². The Labute approximate surface area is 81.5 Å². The summed E-state index contributed by atoms with van der Waals surface area (Å²) in [5.74, 6) is 1.43. The molecule has 4 heteroatoms. The van der Waals surface area contributed by atoms with E-state index >= 15 is 0 Å². The van der Waals surface area contributed by atoms with Gasteiger partial charge >= 0.3 is 5.97 Å². The molecule has 4 nitrogen and oxygen atoms in total. The van der Waals surface area contributed by atoms with E-state index in [4.69, 9.17) is 16.3 Å². The lowest BCUT2D eigenvalue weighted by atomic mass is 10.3. The van der Waals surface area contributed by atoms with Crippen LogP contribution in [-0.4, -0.2) is 22.7 Å². The van der Waals surface area contributed by atoms with Crippen LogP contribution in [0.15, 0.2) is 18.3 Å². The number of pyridine rings is 1. The molecule has 0 unspecified atom stereocenters. The topological polar surface area (TPSA) is 59.4 Å². The van der Waals surface area contributed by atoms with E-state index in [1.165, 1.54) is 18.3 Å². The summed E-state index contributed by atoms with van der Waals surface area (Å²) in [5, 5.41) is 8.76. The molecule has 0 fully saturated rings. The third kappa shape index (κ3) is 2.49. The van der Waals surface area contributed by atoms with Crippen molar-refractivity contribution in [3.05, 3.63) is 23.9 Å². The Bertz CT molecular complexity index is 368. The van der Waals surface area contributed by atoms with Crippen molar-refractivity contribution in [2.75, 3.05) is 6.61 Å². The zero-order valence-corrected chi connectivity index (χ0v) is 7.43. The van der Waals surface area contributed by atoms with Gasteiger partial charge in [0.1, 0.15) is 12.2 Å². The van der Waals surface area contributed by atoms with E-state index in [0.717, 1.165) is 0 Å². The maximum absolute atomic E-state index is 10.7. The molecule has 1 N–H and O–H groups in total. The van der Waals surface area contributed by atoms with Crippen molar-refractivity contribution in [1.29, 1.82) is 0 Å². The lowest BCUT2D eigenvalue weighted by molar-refractivity contribution is 0.0691. The maximum Gasteiger partial charge on any atom is 0.341 e. The number of carbonyl (C=O) groups is 1. The summed E-state index contributed by atoms with van der Waals surface area (Å²) in [6, 6.07) is 2.97. The van der Waals surface area contributed by atoms with Gasteiger partial charge in [0, 0.05) is 12.6 Å². The van der Waals surface area contributed by atoms with E-state index in [1.807, 2.05) is 0 Å². The van der Waals surface area contributed by atoms with Gasteiger partial charge in [-0.3, -0.25) is 0 Å². The van der Waals surface area contributed by atoms with Crippen LogP contribution in [-0.2, 0) is 0 Å². The van der Waals surface area contributed by atoms with Crippen LogP contribution in [0.3, 0.4) is 0 Å². The van der Waals surface area contributed by atoms with E-state index in [9.17, 15) is 4.79 Å². The first kappa shape index (κ1) is 10.1. The van der Waals surface area contributed by atoms with Gasteiger partial charge in [0.15, 0.2) is 0 Å². The fraction of sp³-hybridized carbons (Fsp3) is 0.200. The highest BCUT2D eigenvalue weighted by Crippen LogP contribution is 2.13. The first-order valence-corrected chi connectivity index (χ1v) is 4.00. The molecular formula is C10H9NO3. The Kier molecular flexibility index (Phi) is 3.50. The second-order valence-electron chi connectivity index (χ2n) is 2.46. The fourth-order valence-electron chi connectivity index (χ4n) is 0.875. The van der Waals surface area contributed by atoms with E-state index in [1.54, 1.807) is 0 Å². The molecule has 0 amide bonds. The van der Waals surface area contributed by atoms with Gasteiger partial charge in [-0.1, -0.05) is 0 Å². The van der Waals surface area contributed by atoms with Crippen LogP contribution < -0.4 is 4.74 Å². The molecular weight excluding hydrogens is 182 g/mol. The number of carboxylic acid groups (broad SMARTS) is 1.